The molecular formula is C14H10Cl4F4N2O2S. The summed E-state index contributed by atoms with van der Waals surface area (Å²) in [4.78, 5) is 12.1. The Kier molecular flexibility index (Phi) is 6.34. The number of anilines is 1. The van der Waals surface area contributed by atoms with Crippen molar-refractivity contribution in [2.75, 3.05) is 5.32 Å². The number of carbonyl (C=O) groups is 1. The van der Waals surface area contributed by atoms with Gasteiger partial charge < -0.3 is 15.4 Å². The van der Waals surface area contributed by atoms with Gasteiger partial charge in [-0.2, -0.15) is 17.6 Å². The van der Waals surface area contributed by atoms with Crippen molar-refractivity contribution in [1.82, 2.24) is 5.32 Å². The predicted octanol–water partition coefficient (Wildman–Crippen LogP) is 5.63. The Balaban J connectivity index is 2.08. The van der Waals surface area contributed by atoms with Crippen molar-refractivity contribution >= 4 is 75.3 Å². The number of hydrogen-bond acceptors (Lipinski definition) is 3. The van der Waals surface area contributed by atoms with Crippen LogP contribution in [0.25, 0.3) is 0 Å². The molecule has 1 unspecified atom stereocenters. The Hall–Kier alpha value is -0.740. The zero-order chi connectivity index (χ0) is 20.8. The van der Waals surface area contributed by atoms with Gasteiger partial charge in [-0.05, 0) is 37.7 Å². The number of carbonyl (C=O) groups excluding carboxylic acids is 1. The van der Waals surface area contributed by atoms with Crippen LogP contribution in [0.1, 0.15) is 13.3 Å². The summed E-state index contributed by atoms with van der Waals surface area (Å²) < 4.78 is 53.3. The molecule has 1 atom stereocenters. The average molecular weight is 488 g/mol. The molecule has 2 rings (SSSR count). The lowest BCUT2D eigenvalue weighted by atomic mass is 10.1. The van der Waals surface area contributed by atoms with Gasteiger partial charge in [-0.3, -0.25) is 4.79 Å². The molecular weight excluding hydrogens is 478 g/mol. The van der Waals surface area contributed by atoms with Gasteiger partial charge in [-0.15, -0.1) is 23.2 Å². The third-order valence-electron chi connectivity index (χ3n) is 3.73. The van der Waals surface area contributed by atoms with E-state index in [2.05, 4.69) is 15.4 Å². The summed E-state index contributed by atoms with van der Waals surface area (Å²) in [5, 5.41) is 3.79. The lowest BCUT2D eigenvalue weighted by molar-refractivity contribution is -0.253. The molecule has 13 heteroatoms. The van der Waals surface area contributed by atoms with Crippen molar-refractivity contribution in [3.05, 3.63) is 22.2 Å². The van der Waals surface area contributed by atoms with Crippen LogP contribution < -0.4 is 15.4 Å². The molecule has 0 radical (unpaired) electrons. The summed E-state index contributed by atoms with van der Waals surface area (Å²) in [6, 6.07) is 2.10. The highest BCUT2D eigenvalue weighted by Crippen LogP contribution is 2.63. The molecule has 0 spiro atoms. The molecule has 4 nitrogen and oxygen atoms in total. The molecule has 2 N–H and O–H groups in total. The maximum atomic E-state index is 13.0. The van der Waals surface area contributed by atoms with Crippen LogP contribution in [-0.4, -0.2) is 27.9 Å². The van der Waals surface area contributed by atoms with E-state index < -0.39 is 44.0 Å². The van der Waals surface area contributed by atoms with Crippen molar-refractivity contribution < 1.29 is 27.1 Å². The molecule has 1 amide bonds. The van der Waals surface area contributed by atoms with E-state index in [0.717, 1.165) is 12.1 Å². The summed E-state index contributed by atoms with van der Waals surface area (Å²) in [6.45, 7) is 1.55. The number of benzene rings is 1. The van der Waals surface area contributed by atoms with Crippen LogP contribution in [-0.2, 0) is 4.79 Å². The quantitative estimate of drug-likeness (QED) is 0.321. The van der Waals surface area contributed by atoms with Gasteiger partial charge in [-0.1, -0.05) is 23.2 Å². The molecule has 1 fully saturated rings. The Labute approximate surface area is 176 Å². The normalized spacial score (nSPS) is 21.0. The summed E-state index contributed by atoms with van der Waals surface area (Å²) >= 11 is 28.3. The van der Waals surface area contributed by atoms with Crippen molar-refractivity contribution in [2.45, 2.75) is 30.2 Å². The second-order valence-electron chi connectivity index (χ2n) is 5.86. The fourth-order valence-electron chi connectivity index (χ4n) is 1.96. The lowest BCUT2D eigenvalue weighted by Crippen LogP contribution is -2.40. The standard InChI is InChI=1S/C14H10Cl4F4N2O2S/c1-12(4-13(12,17)18)10(25)24-11(27)23-5-2-6(15)8(7(16)3-5)26-14(21,22)9(19)20/h2-3,9H,4H2,1H3,(H2,23,24,25,27). The van der Waals surface area contributed by atoms with E-state index in [1.54, 1.807) is 6.92 Å². The van der Waals surface area contributed by atoms with E-state index >= 15 is 0 Å². The number of alkyl halides is 6. The molecule has 27 heavy (non-hydrogen) atoms. The molecule has 0 aromatic heterocycles. The van der Waals surface area contributed by atoms with Crippen molar-refractivity contribution in [3.63, 3.8) is 0 Å². The van der Waals surface area contributed by atoms with Crippen LogP contribution in [0.2, 0.25) is 10.0 Å². The van der Waals surface area contributed by atoms with Crippen LogP contribution in [0, 0.1) is 5.41 Å². The van der Waals surface area contributed by atoms with Crippen molar-refractivity contribution in [1.29, 1.82) is 0 Å². The Bertz CT molecular complexity index is 773. The van der Waals surface area contributed by atoms with Gasteiger partial charge in [0.1, 0.15) is 4.33 Å². The second-order valence-corrected chi connectivity index (χ2v) is 8.56. The Morgan fingerprint density at radius 1 is 1.30 bits per heavy atom. The number of hydrogen-bond donors (Lipinski definition) is 2. The summed E-state index contributed by atoms with van der Waals surface area (Å²) in [6.07, 6.45) is -8.62. The molecule has 1 aliphatic carbocycles. The van der Waals surface area contributed by atoms with Crippen LogP contribution in [0.3, 0.4) is 0 Å². The fourth-order valence-corrected chi connectivity index (χ4v) is 3.44. The SMILES string of the molecule is CC1(C(=O)NC(=S)Nc2cc(Cl)c(OC(F)(F)C(F)F)c(Cl)c2)CC1(Cl)Cl. The number of nitrogens with one attached hydrogen (secondary N) is 2. The molecule has 1 saturated carbocycles. The number of amides is 1. The summed E-state index contributed by atoms with van der Waals surface area (Å²) in [7, 11) is 0. The van der Waals surface area contributed by atoms with E-state index in [0.29, 0.717) is 0 Å². The van der Waals surface area contributed by atoms with Crippen molar-refractivity contribution in [3.8, 4) is 5.75 Å². The Morgan fingerprint density at radius 2 is 1.78 bits per heavy atom. The smallest absolute Gasteiger partial charge is 0.425 e. The highest BCUT2D eigenvalue weighted by molar-refractivity contribution is 7.80. The third kappa shape index (κ3) is 4.82. The van der Waals surface area contributed by atoms with E-state index in [1.165, 1.54) is 0 Å². The first-order valence-corrected chi connectivity index (χ1v) is 8.96. The minimum Gasteiger partial charge on any atom is -0.425 e. The van der Waals surface area contributed by atoms with Gasteiger partial charge in [0.2, 0.25) is 5.91 Å². The molecule has 0 heterocycles. The fraction of sp³-hybridized carbons (Fsp3) is 0.429. The molecule has 150 valence electrons. The zero-order valence-corrected chi connectivity index (χ0v) is 17.0. The lowest BCUT2D eigenvalue weighted by Gasteiger charge is -2.19. The van der Waals surface area contributed by atoms with Gasteiger partial charge >= 0.3 is 12.5 Å². The maximum Gasteiger partial charge on any atom is 0.461 e. The molecule has 0 aliphatic heterocycles. The maximum absolute atomic E-state index is 13.0. The van der Waals surface area contributed by atoms with Crippen LogP contribution in [0.15, 0.2) is 12.1 Å². The van der Waals surface area contributed by atoms with Crippen LogP contribution in [0.5, 0.6) is 5.75 Å². The number of ether oxygens (including phenoxy) is 1. The second kappa shape index (κ2) is 7.59. The first-order valence-electron chi connectivity index (χ1n) is 7.04. The molecule has 1 aromatic rings. The van der Waals surface area contributed by atoms with Crippen molar-refractivity contribution in [2.24, 2.45) is 5.41 Å². The summed E-state index contributed by atoms with van der Waals surface area (Å²) in [5.74, 6) is -1.36. The van der Waals surface area contributed by atoms with Gasteiger partial charge in [-0.25, -0.2) is 0 Å². The number of rotatable bonds is 5. The predicted molar refractivity (Wildman–Crippen MR) is 99.6 cm³/mol. The van der Waals surface area contributed by atoms with Crippen LogP contribution >= 0.6 is 58.6 Å². The highest BCUT2D eigenvalue weighted by atomic mass is 35.5. The summed E-state index contributed by atoms with van der Waals surface area (Å²) in [5.41, 5.74) is -0.928. The highest BCUT2D eigenvalue weighted by Gasteiger charge is 2.68. The largest absolute Gasteiger partial charge is 0.461 e. The Morgan fingerprint density at radius 3 is 2.19 bits per heavy atom. The van der Waals surface area contributed by atoms with E-state index in [9.17, 15) is 22.4 Å². The first-order chi connectivity index (χ1) is 12.2. The van der Waals surface area contributed by atoms with Crippen LogP contribution in [0.4, 0.5) is 23.2 Å². The molecule has 0 bridgehead atoms. The van der Waals surface area contributed by atoms with Gasteiger partial charge in [0.05, 0.1) is 15.5 Å². The minimum atomic E-state index is -4.78. The topological polar surface area (TPSA) is 50.4 Å². The number of halogens is 8. The van der Waals surface area contributed by atoms with Gasteiger partial charge in [0, 0.05) is 5.69 Å². The zero-order valence-electron chi connectivity index (χ0n) is 13.2. The molecule has 1 aliphatic rings. The van der Waals surface area contributed by atoms with E-state index in [4.69, 9.17) is 58.6 Å². The van der Waals surface area contributed by atoms with Gasteiger partial charge in [0.25, 0.3) is 0 Å². The number of thiocarbonyl (C=S) groups is 1. The first kappa shape index (κ1) is 22.5. The minimum absolute atomic E-state index is 0.0898. The monoisotopic (exact) mass is 486 g/mol. The average Bonchev–Trinajstić information content (AvgIpc) is 3.02. The van der Waals surface area contributed by atoms with Gasteiger partial charge in [0.15, 0.2) is 10.9 Å². The van der Waals surface area contributed by atoms with E-state index in [-0.39, 0.29) is 17.2 Å². The molecule has 0 saturated heterocycles. The molecule has 1 aromatic carbocycles. The van der Waals surface area contributed by atoms with E-state index in [1.807, 2.05) is 0 Å². The third-order valence-corrected chi connectivity index (χ3v) is 5.60.